The number of ether oxygens (including phenoxy) is 1. The summed E-state index contributed by atoms with van der Waals surface area (Å²) in [6.45, 7) is 7.20. The number of amides is 2. The molecule has 0 aliphatic carbocycles. The fourth-order valence-corrected chi connectivity index (χ4v) is 3.97. The molecule has 132 valence electrons. The fourth-order valence-electron chi connectivity index (χ4n) is 2.96. The van der Waals surface area contributed by atoms with E-state index >= 15 is 0 Å². The number of carbonyl (C=O) groups excluding carboxylic acids is 2. The molecule has 0 bridgehead atoms. The zero-order valence-electron chi connectivity index (χ0n) is 14.6. The van der Waals surface area contributed by atoms with Crippen LogP contribution in [-0.2, 0) is 17.7 Å². The average Bonchev–Trinajstić information content (AvgIpc) is 2.94. The third kappa shape index (κ3) is 3.99. The first-order valence-corrected chi connectivity index (χ1v) is 9.08. The van der Waals surface area contributed by atoms with Crippen molar-refractivity contribution >= 4 is 28.5 Å². The van der Waals surface area contributed by atoms with E-state index in [4.69, 9.17) is 4.74 Å². The Balaban J connectivity index is 1.73. The van der Waals surface area contributed by atoms with Gasteiger partial charge in [0.25, 0.3) is 5.91 Å². The summed E-state index contributed by atoms with van der Waals surface area (Å²) in [4.78, 5) is 31.6. The number of hydrogen-bond acceptors (Lipinski definition) is 5. The van der Waals surface area contributed by atoms with Crippen molar-refractivity contribution in [1.29, 1.82) is 0 Å². The molecule has 0 unspecified atom stereocenters. The van der Waals surface area contributed by atoms with Gasteiger partial charge in [-0.15, -0.1) is 0 Å². The highest BCUT2D eigenvalue weighted by Crippen LogP contribution is 2.29. The molecule has 7 heteroatoms. The molecule has 0 saturated carbocycles. The van der Waals surface area contributed by atoms with Crippen LogP contribution in [0.2, 0.25) is 0 Å². The van der Waals surface area contributed by atoms with Crippen LogP contribution in [0.15, 0.2) is 18.2 Å². The van der Waals surface area contributed by atoms with Crippen LogP contribution in [-0.4, -0.2) is 35.0 Å². The van der Waals surface area contributed by atoms with Gasteiger partial charge in [0.05, 0.1) is 18.8 Å². The standard InChI is InChI=1S/C18H21N3O3S/c1-4-24-18(23)20-17-19-14-5-6-21(10-15(14)25-17)16(22)13-8-11(2)7-12(3)9-13/h7-9H,4-6,10H2,1-3H3,(H,19,20,23). The average molecular weight is 359 g/mol. The van der Waals surface area contributed by atoms with E-state index in [0.717, 1.165) is 27.3 Å². The molecule has 1 aliphatic rings. The van der Waals surface area contributed by atoms with Crippen LogP contribution in [0, 0.1) is 13.8 Å². The molecule has 2 aromatic rings. The van der Waals surface area contributed by atoms with E-state index in [9.17, 15) is 9.59 Å². The van der Waals surface area contributed by atoms with Crippen molar-refractivity contribution in [3.05, 3.63) is 45.5 Å². The van der Waals surface area contributed by atoms with Crippen molar-refractivity contribution in [3.8, 4) is 0 Å². The van der Waals surface area contributed by atoms with Gasteiger partial charge in [0.2, 0.25) is 0 Å². The van der Waals surface area contributed by atoms with Gasteiger partial charge in [-0.3, -0.25) is 10.1 Å². The molecule has 0 fully saturated rings. The molecular weight excluding hydrogens is 338 g/mol. The molecule has 1 N–H and O–H groups in total. The second-order valence-electron chi connectivity index (χ2n) is 6.09. The summed E-state index contributed by atoms with van der Waals surface area (Å²) in [6, 6.07) is 5.90. The number of anilines is 1. The third-order valence-electron chi connectivity index (χ3n) is 3.97. The number of hydrogen-bond donors (Lipinski definition) is 1. The molecule has 0 spiro atoms. The predicted molar refractivity (Wildman–Crippen MR) is 97.1 cm³/mol. The third-order valence-corrected chi connectivity index (χ3v) is 4.97. The maximum Gasteiger partial charge on any atom is 0.413 e. The lowest BCUT2D eigenvalue weighted by atomic mass is 10.1. The van der Waals surface area contributed by atoms with Crippen molar-refractivity contribution in [3.63, 3.8) is 0 Å². The molecule has 6 nitrogen and oxygen atoms in total. The second kappa shape index (κ2) is 7.23. The van der Waals surface area contributed by atoms with E-state index in [1.807, 2.05) is 30.9 Å². The Morgan fingerprint density at radius 1 is 1.28 bits per heavy atom. The number of aryl methyl sites for hydroxylation is 2. The lowest BCUT2D eigenvalue weighted by molar-refractivity contribution is 0.0736. The first kappa shape index (κ1) is 17.4. The predicted octanol–water partition coefficient (Wildman–Crippen LogP) is 3.53. The number of nitrogens with zero attached hydrogens (tertiary/aromatic N) is 2. The minimum atomic E-state index is -0.503. The molecule has 1 aromatic heterocycles. The maximum absolute atomic E-state index is 12.8. The summed E-state index contributed by atoms with van der Waals surface area (Å²) >= 11 is 1.40. The van der Waals surface area contributed by atoms with Gasteiger partial charge in [0.1, 0.15) is 0 Å². The van der Waals surface area contributed by atoms with Crippen molar-refractivity contribution in [2.75, 3.05) is 18.5 Å². The Labute approximate surface area is 150 Å². The first-order chi connectivity index (χ1) is 12.0. The summed E-state index contributed by atoms with van der Waals surface area (Å²) in [6.07, 6.45) is 0.184. The van der Waals surface area contributed by atoms with E-state index in [1.165, 1.54) is 11.3 Å². The minimum Gasteiger partial charge on any atom is -0.450 e. The second-order valence-corrected chi connectivity index (χ2v) is 7.17. The molecule has 0 radical (unpaired) electrons. The minimum absolute atomic E-state index is 0.0331. The van der Waals surface area contributed by atoms with Crippen LogP contribution in [0.4, 0.5) is 9.93 Å². The normalized spacial score (nSPS) is 13.3. The molecule has 0 saturated heterocycles. The number of fused-ring (bicyclic) bond motifs is 1. The smallest absolute Gasteiger partial charge is 0.413 e. The highest BCUT2D eigenvalue weighted by Gasteiger charge is 2.25. The molecule has 2 heterocycles. The molecule has 3 rings (SSSR count). The van der Waals surface area contributed by atoms with Gasteiger partial charge < -0.3 is 9.64 Å². The number of nitrogens with one attached hydrogen (secondary N) is 1. The Hall–Kier alpha value is -2.41. The largest absolute Gasteiger partial charge is 0.450 e. The molecule has 1 aromatic carbocycles. The zero-order valence-corrected chi connectivity index (χ0v) is 15.4. The molecule has 25 heavy (non-hydrogen) atoms. The molecular formula is C18H21N3O3S. The fraction of sp³-hybridized carbons (Fsp3) is 0.389. The Bertz CT molecular complexity index is 796. The number of thiazole rings is 1. The van der Waals surface area contributed by atoms with Gasteiger partial charge in [0, 0.05) is 23.4 Å². The van der Waals surface area contributed by atoms with Gasteiger partial charge >= 0.3 is 6.09 Å². The summed E-state index contributed by atoms with van der Waals surface area (Å²) in [5.41, 5.74) is 3.83. The van der Waals surface area contributed by atoms with Gasteiger partial charge in [-0.25, -0.2) is 9.78 Å². The van der Waals surface area contributed by atoms with Crippen LogP contribution in [0.1, 0.15) is 39.0 Å². The van der Waals surface area contributed by atoms with Gasteiger partial charge in [-0.2, -0.15) is 0 Å². The van der Waals surface area contributed by atoms with Crippen LogP contribution in [0.5, 0.6) is 0 Å². The number of carbonyl (C=O) groups is 2. The number of aromatic nitrogens is 1. The highest BCUT2D eigenvalue weighted by molar-refractivity contribution is 7.15. The van der Waals surface area contributed by atoms with Crippen LogP contribution < -0.4 is 5.32 Å². The van der Waals surface area contributed by atoms with Crippen molar-refractivity contribution in [2.45, 2.75) is 33.7 Å². The summed E-state index contributed by atoms with van der Waals surface area (Å²) in [5.74, 6) is 0.0331. The zero-order chi connectivity index (χ0) is 18.0. The van der Waals surface area contributed by atoms with E-state index < -0.39 is 6.09 Å². The topological polar surface area (TPSA) is 71.5 Å². The monoisotopic (exact) mass is 359 g/mol. The first-order valence-electron chi connectivity index (χ1n) is 8.26. The van der Waals surface area contributed by atoms with Gasteiger partial charge in [0.15, 0.2) is 5.13 Å². The van der Waals surface area contributed by atoms with Crippen LogP contribution in [0.3, 0.4) is 0 Å². The summed E-state index contributed by atoms with van der Waals surface area (Å²) in [7, 11) is 0. The summed E-state index contributed by atoms with van der Waals surface area (Å²) < 4.78 is 4.87. The van der Waals surface area contributed by atoms with Gasteiger partial charge in [-0.1, -0.05) is 28.5 Å². The summed E-state index contributed by atoms with van der Waals surface area (Å²) in [5, 5.41) is 3.15. The van der Waals surface area contributed by atoms with Crippen LogP contribution in [0.25, 0.3) is 0 Å². The quantitative estimate of drug-likeness (QED) is 0.910. The Morgan fingerprint density at radius 3 is 2.68 bits per heavy atom. The van der Waals surface area contributed by atoms with E-state index in [-0.39, 0.29) is 5.91 Å². The van der Waals surface area contributed by atoms with Crippen molar-refractivity contribution in [2.24, 2.45) is 0 Å². The maximum atomic E-state index is 12.8. The molecule has 0 atom stereocenters. The van der Waals surface area contributed by atoms with Crippen molar-refractivity contribution < 1.29 is 14.3 Å². The number of benzene rings is 1. The Morgan fingerprint density at radius 2 is 2.00 bits per heavy atom. The lowest BCUT2D eigenvalue weighted by Gasteiger charge is -2.26. The van der Waals surface area contributed by atoms with E-state index in [2.05, 4.69) is 16.4 Å². The Kier molecular flexibility index (Phi) is 5.03. The SMILES string of the molecule is CCOC(=O)Nc1nc2c(s1)CN(C(=O)c1cc(C)cc(C)c1)CC2. The molecule has 1 aliphatic heterocycles. The lowest BCUT2D eigenvalue weighted by Crippen LogP contribution is -2.35. The van der Waals surface area contributed by atoms with Gasteiger partial charge in [-0.05, 0) is 32.9 Å². The van der Waals surface area contributed by atoms with Crippen molar-refractivity contribution in [1.82, 2.24) is 9.88 Å². The van der Waals surface area contributed by atoms with E-state index in [1.54, 1.807) is 6.92 Å². The van der Waals surface area contributed by atoms with E-state index in [0.29, 0.717) is 31.2 Å². The number of rotatable bonds is 3. The molecule has 2 amide bonds. The van der Waals surface area contributed by atoms with Crippen LogP contribution >= 0.6 is 11.3 Å². The highest BCUT2D eigenvalue weighted by atomic mass is 32.1.